The summed E-state index contributed by atoms with van der Waals surface area (Å²) in [7, 11) is 0. The third-order valence-electron chi connectivity index (χ3n) is 3.42. The molecule has 0 aliphatic heterocycles. The molecular weight excluding hydrogens is 294 g/mol. The van der Waals surface area contributed by atoms with Crippen molar-refractivity contribution in [2.24, 2.45) is 0 Å². The van der Waals surface area contributed by atoms with Crippen molar-refractivity contribution >= 4 is 5.91 Å². The molecule has 2 heterocycles. The molecule has 0 radical (unpaired) electrons. The summed E-state index contributed by atoms with van der Waals surface area (Å²) in [6.45, 7) is 3.20. The van der Waals surface area contributed by atoms with E-state index in [0.717, 1.165) is 24.4 Å². The van der Waals surface area contributed by atoms with Crippen LogP contribution in [0.25, 0.3) is 11.3 Å². The number of benzene rings is 1. The van der Waals surface area contributed by atoms with E-state index in [0.29, 0.717) is 17.9 Å². The van der Waals surface area contributed by atoms with E-state index in [-0.39, 0.29) is 5.91 Å². The Morgan fingerprint density at radius 3 is 2.91 bits per heavy atom. The monoisotopic (exact) mass is 311 g/mol. The van der Waals surface area contributed by atoms with Crippen molar-refractivity contribution in [1.29, 1.82) is 0 Å². The molecule has 0 aliphatic rings. The molecule has 0 fully saturated rings. The molecule has 7 heteroatoms. The molecule has 0 bridgehead atoms. The quantitative estimate of drug-likeness (QED) is 0.754. The van der Waals surface area contributed by atoms with Crippen LogP contribution in [0.2, 0.25) is 0 Å². The molecule has 0 spiro atoms. The fraction of sp³-hybridized carbons (Fsp3) is 0.250. The largest absolute Gasteiger partial charge is 0.355 e. The third-order valence-corrected chi connectivity index (χ3v) is 3.42. The SMILES string of the molecule is CCCn1cnnc1CNC(=O)c1cnoc1-c1ccccc1. The van der Waals surface area contributed by atoms with Crippen LogP contribution in [0.1, 0.15) is 29.5 Å². The number of aromatic nitrogens is 4. The van der Waals surface area contributed by atoms with Crippen LogP contribution in [0.4, 0.5) is 0 Å². The smallest absolute Gasteiger partial charge is 0.257 e. The summed E-state index contributed by atoms with van der Waals surface area (Å²) in [5.41, 5.74) is 1.21. The molecule has 3 aromatic rings. The number of hydrogen-bond acceptors (Lipinski definition) is 5. The van der Waals surface area contributed by atoms with E-state index in [9.17, 15) is 4.79 Å². The number of nitrogens with zero attached hydrogens (tertiary/aromatic N) is 4. The third kappa shape index (κ3) is 3.28. The Balaban J connectivity index is 1.72. The van der Waals surface area contributed by atoms with E-state index in [2.05, 4.69) is 27.6 Å². The highest BCUT2D eigenvalue weighted by molar-refractivity contribution is 5.99. The summed E-state index contributed by atoms with van der Waals surface area (Å²) in [6, 6.07) is 9.41. The predicted molar refractivity (Wildman–Crippen MR) is 83.4 cm³/mol. The molecule has 2 aromatic heterocycles. The highest BCUT2D eigenvalue weighted by Crippen LogP contribution is 2.23. The highest BCUT2D eigenvalue weighted by Gasteiger charge is 2.18. The summed E-state index contributed by atoms with van der Waals surface area (Å²) in [5.74, 6) is 0.923. The maximum atomic E-state index is 12.4. The minimum Gasteiger partial charge on any atom is -0.355 e. The van der Waals surface area contributed by atoms with Gasteiger partial charge < -0.3 is 14.4 Å². The Hall–Kier alpha value is -2.96. The molecule has 3 rings (SSSR count). The number of carbonyl (C=O) groups is 1. The lowest BCUT2D eigenvalue weighted by atomic mass is 10.1. The predicted octanol–water partition coefficient (Wildman–Crippen LogP) is 2.27. The minimum atomic E-state index is -0.254. The maximum absolute atomic E-state index is 12.4. The van der Waals surface area contributed by atoms with Crippen molar-refractivity contribution in [3.05, 3.63) is 54.2 Å². The Labute approximate surface area is 133 Å². The lowest BCUT2D eigenvalue weighted by Crippen LogP contribution is -2.24. The van der Waals surface area contributed by atoms with Crippen LogP contribution in [-0.2, 0) is 13.1 Å². The molecule has 0 unspecified atom stereocenters. The average Bonchev–Trinajstić information content (AvgIpc) is 3.23. The first-order valence-electron chi connectivity index (χ1n) is 7.44. The van der Waals surface area contributed by atoms with Crippen LogP contribution in [0.15, 0.2) is 47.4 Å². The van der Waals surface area contributed by atoms with Crippen LogP contribution >= 0.6 is 0 Å². The van der Waals surface area contributed by atoms with Crippen LogP contribution < -0.4 is 5.32 Å². The summed E-state index contributed by atoms with van der Waals surface area (Å²) < 4.78 is 7.15. The Bertz CT molecular complexity index is 779. The van der Waals surface area contributed by atoms with E-state index >= 15 is 0 Å². The van der Waals surface area contributed by atoms with Gasteiger partial charge in [-0.3, -0.25) is 4.79 Å². The van der Waals surface area contributed by atoms with Gasteiger partial charge >= 0.3 is 0 Å². The van der Waals surface area contributed by atoms with Gasteiger partial charge in [-0.05, 0) is 6.42 Å². The Morgan fingerprint density at radius 2 is 2.13 bits per heavy atom. The van der Waals surface area contributed by atoms with E-state index in [4.69, 9.17) is 4.52 Å². The molecule has 1 N–H and O–H groups in total. The van der Waals surface area contributed by atoms with Crippen LogP contribution in [0, 0.1) is 0 Å². The second-order valence-electron chi connectivity index (χ2n) is 5.06. The van der Waals surface area contributed by atoms with Gasteiger partial charge in [0.2, 0.25) is 0 Å². The Kier molecular flexibility index (Phi) is 4.46. The summed E-state index contributed by atoms with van der Waals surface area (Å²) >= 11 is 0. The molecule has 23 heavy (non-hydrogen) atoms. The number of nitrogens with one attached hydrogen (secondary N) is 1. The number of carbonyl (C=O) groups excluding carboxylic acids is 1. The molecule has 1 amide bonds. The van der Waals surface area contributed by atoms with E-state index in [1.807, 2.05) is 34.9 Å². The highest BCUT2D eigenvalue weighted by atomic mass is 16.5. The van der Waals surface area contributed by atoms with Gasteiger partial charge in [0.25, 0.3) is 5.91 Å². The van der Waals surface area contributed by atoms with Crippen LogP contribution in [-0.4, -0.2) is 25.8 Å². The number of rotatable bonds is 6. The first-order chi connectivity index (χ1) is 11.3. The lowest BCUT2D eigenvalue weighted by Gasteiger charge is -2.06. The minimum absolute atomic E-state index is 0.254. The van der Waals surface area contributed by atoms with Crippen molar-refractivity contribution < 1.29 is 9.32 Å². The number of amides is 1. The molecule has 0 atom stereocenters. The van der Waals surface area contributed by atoms with Crippen molar-refractivity contribution in [2.75, 3.05) is 0 Å². The summed E-state index contributed by atoms with van der Waals surface area (Å²) in [6.07, 6.45) is 4.07. The summed E-state index contributed by atoms with van der Waals surface area (Å²) in [5, 5.41) is 14.5. The topological polar surface area (TPSA) is 85.8 Å². The van der Waals surface area contributed by atoms with Gasteiger partial charge in [-0.25, -0.2) is 0 Å². The fourth-order valence-corrected chi connectivity index (χ4v) is 2.30. The standard InChI is InChI=1S/C16H17N5O2/c1-2-8-21-11-18-20-14(21)10-17-16(22)13-9-19-23-15(13)12-6-4-3-5-7-12/h3-7,9,11H,2,8,10H2,1H3,(H,17,22). The first kappa shape index (κ1) is 15.0. The average molecular weight is 311 g/mol. The molecule has 7 nitrogen and oxygen atoms in total. The zero-order chi connectivity index (χ0) is 16.1. The first-order valence-corrected chi connectivity index (χ1v) is 7.44. The van der Waals surface area contributed by atoms with Crippen molar-refractivity contribution in [3.63, 3.8) is 0 Å². The van der Waals surface area contributed by atoms with Gasteiger partial charge in [-0.1, -0.05) is 42.4 Å². The second kappa shape index (κ2) is 6.87. The van der Waals surface area contributed by atoms with Crippen LogP contribution in [0.3, 0.4) is 0 Å². The van der Waals surface area contributed by atoms with Gasteiger partial charge in [-0.15, -0.1) is 10.2 Å². The van der Waals surface area contributed by atoms with E-state index in [1.54, 1.807) is 6.33 Å². The van der Waals surface area contributed by atoms with Crippen molar-refractivity contribution in [3.8, 4) is 11.3 Å². The van der Waals surface area contributed by atoms with E-state index in [1.165, 1.54) is 6.20 Å². The number of hydrogen-bond donors (Lipinski definition) is 1. The van der Waals surface area contributed by atoms with Gasteiger partial charge in [-0.2, -0.15) is 0 Å². The Morgan fingerprint density at radius 1 is 1.30 bits per heavy atom. The zero-order valence-corrected chi connectivity index (χ0v) is 12.8. The fourth-order valence-electron chi connectivity index (χ4n) is 2.30. The molecule has 0 saturated heterocycles. The second-order valence-corrected chi connectivity index (χ2v) is 5.06. The molecule has 118 valence electrons. The number of aryl methyl sites for hydroxylation is 1. The zero-order valence-electron chi connectivity index (χ0n) is 12.8. The molecule has 0 saturated carbocycles. The normalized spacial score (nSPS) is 10.7. The van der Waals surface area contributed by atoms with Gasteiger partial charge in [0.15, 0.2) is 11.6 Å². The van der Waals surface area contributed by atoms with Crippen molar-refractivity contribution in [1.82, 2.24) is 25.2 Å². The van der Waals surface area contributed by atoms with Gasteiger partial charge in [0.05, 0.1) is 12.7 Å². The molecular formula is C16H17N5O2. The van der Waals surface area contributed by atoms with Crippen molar-refractivity contribution in [2.45, 2.75) is 26.4 Å². The molecule has 1 aromatic carbocycles. The van der Waals surface area contributed by atoms with E-state index < -0.39 is 0 Å². The lowest BCUT2D eigenvalue weighted by molar-refractivity contribution is 0.0949. The maximum Gasteiger partial charge on any atom is 0.257 e. The van der Waals surface area contributed by atoms with Crippen LogP contribution in [0.5, 0.6) is 0 Å². The van der Waals surface area contributed by atoms with Gasteiger partial charge in [0.1, 0.15) is 11.9 Å². The molecule has 0 aliphatic carbocycles. The van der Waals surface area contributed by atoms with Gasteiger partial charge in [0, 0.05) is 12.1 Å². The summed E-state index contributed by atoms with van der Waals surface area (Å²) in [4.78, 5) is 12.4.